The van der Waals surface area contributed by atoms with E-state index in [1.807, 2.05) is 71.0 Å². The summed E-state index contributed by atoms with van der Waals surface area (Å²) < 4.78 is 30.3. The SMILES string of the molecule is CC.CC.COC(=O)COc1ccc(OC/C=C(/c2ccc(F)cc2)c2ccc(Br)cc2)cc1C. The zero-order valence-corrected chi connectivity index (χ0v) is 22.8. The van der Waals surface area contributed by atoms with Gasteiger partial charge >= 0.3 is 5.97 Å². The molecule has 0 saturated carbocycles. The Balaban J connectivity index is 0.00000145. The molecule has 0 unspecified atom stereocenters. The van der Waals surface area contributed by atoms with Gasteiger partial charge in [-0.25, -0.2) is 9.18 Å². The minimum Gasteiger partial charge on any atom is -0.489 e. The third kappa shape index (κ3) is 9.95. The zero-order valence-electron chi connectivity index (χ0n) is 21.2. The number of carbonyl (C=O) groups is 1. The maximum Gasteiger partial charge on any atom is 0.343 e. The van der Waals surface area contributed by atoms with Crippen LogP contribution in [0, 0.1) is 12.7 Å². The largest absolute Gasteiger partial charge is 0.489 e. The van der Waals surface area contributed by atoms with Crippen molar-refractivity contribution >= 4 is 27.5 Å². The predicted molar refractivity (Wildman–Crippen MR) is 145 cm³/mol. The van der Waals surface area contributed by atoms with Gasteiger partial charge in [0, 0.05) is 4.47 Å². The zero-order chi connectivity index (χ0) is 26.2. The topological polar surface area (TPSA) is 44.8 Å². The molecule has 0 N–H and O–H groups in total. The summed E-state index contributed by atoms with van der Waals surface area (Å²) in [5.41, 5.74) is 3.69. The quantitative estimate of drug-likeness (QED) is 0.269. The number of esters is 1. The highest BCUT2D eigenvalue weighted by atomic mass is 79.9. The third-order valence-electron chi connectivity index (χ3n) is 4.57. The van der Waals surface area contributed by atoms with Gasteiger partial charge in [-0.2, -0.15) is 0 Å². The predicted octanol–water partition coefficient (Wildman–Crippen LogP) is 8.01. The van der Waals surface area contributed by atoms with Crippen molar-refractivity contribution in [3.05, 3.63) is 99.8 Å². The average Bonchev–Trinajstić information content (AvgIpc) is 2.89. The van der Waals surface area contributed by atoms with Crippen molar-refractivity contribution in [1.82, 2.24) is 0 Å². The maximum absolute atomic E-state index is 13.4. The molecule has 35 heavy (non-hydrogen) atoms. The number of aryl methyl sites for hydroxylation is 1. The molecule has 0 aromatic heterocycles. The van der Waals surface area contributed by atoms with Gasteiger partial charge in [0.1, 0.15) is 23.9 Å². The first kappa shape index (κ1) is 29.9. The first-order valence-electron chi connectivity index (χ1n) is 11.6. The second kappa shape index (κ2) is 16.5. The van der Waals surface area contributed by atoms with E-state index in [-0.39, 0.29) is 12.4 Å². The lowest BCUT2D eigenvalue weighted by atomic mass is 9.98. The molecular weight excluding hydrogens is 511 g/mol. The van der Waals surface area contributed by atoms with Crippen LogP contribution in [-0.4, -0.2) is 26.3 Å². The van der Waals surface area contributed by atoms with E-state index in [1.54, 1.807) is 24.3 Å². The highest BCUT2D eigenvalue weighted by Crippen LogP contribution is 2.27. The van der Waals surface area contributed by atoms with Gasteiger partial charge in [0.15, 0.2) is 6.61 Å². The van der Waals surface area contributed by atoms with Crippen molar-refractivity contribution in [1.29, 1.82) is 0 Å². The molecule has 0 aliphatic heterocycles. The van der Waals surface area contributed by atoms with Crippen molar-refractivity contribution in [2.75, 3.05) is 20.3 Å². The van der Waals surface area contributed by atoms with Gasteiger partial charge in [-0.05, 0) is 77.7 Å². The van der Waals surface area contributed by atoms with Crippen LogP contribution < -0.4 is 9.47 Å². The van der Waals surface area contributed by atoms with Gasteiger partial charge in [-0.15, -0.1) is 0 Å². The van der Waals surface area contributed by atoms with E-state index in [9.17, 15) is 9.18 Å². The standard InChI is InChI=1S/C25H22BrFO4.2C2H6/c1-17-15-22(11-12-24(17)31-16-25(28)29-2)30-14-13-23(18-3-7-20(26)8-4-18)19-5-9-21(27)10-6-19;2*1-2/h3-13,15H,14,16H2,1-2H3;2*1-2H3/b23-13+;;. The summed E-state index contributed by atoms with van der Waals surface area (Å²) in [5.74, 6) is 0.551. The molecular formula is C29H34BrFO4. The Morgan fingerprint density at radius 2 is 1.46 bits per heavy atom. The lowest BCUT2D eigenvalue weighted by Gasteiger charge is -2.12. The molecule has 188 valence electrons. The minimum atomic E-state index is -0.439. The molecule has 0 spiro atoms. The van der Waals surface area contributed by atoms with Crippen LogP contribution in [0.4, 0.5) is 4.39 Å². The van der Waals surface area contributed by atoms with E-state index in [4.69, 9.17) is 9.47 Å². The number of hydrogen-bond donors (Lipinski definition) is 0. The lowest BCUT2D eigenvalue weighted by molar-refractivity contribution is -0.142. The lowest BCUT2D eigenvalue weighted by Crippen LogP contribution is -2.13. The van der Waals surface area contributed by atoms with Crippen molar-refractivity contribution in [2.45, 2.75) is 34.6 Å². The number of methoxy groups -OCH3 is 1. The number of rotatable bonds is 8. The fourth-order valence-corrected chi connectivity index (χ4v) is 3.22. The maximum atomic E-state index is 13.4. The molecule has 0 aliphatic rings. The molecule has 4 nitrogen and oxygen atoms in total. The number of carbonyl (C=O) groups excluding carboxylic acids is 1. The molecule has 0 amide bonds. The summed E-state index contributed by atoms with van der Waals surface area (Å²) in [6.07, 6.45) is 1.97. The van der Waals surface area contributed by atoms with Crippen LogP contribution in [0.3, 0.4) is 0 Å². The molecule has 0 heterocycles. The van der Waals surface area contributed by atoms with E-state index in [0.717, 1.165) is 26.7 Å². The summed E-state index contributed by atoms with van der Waals surface area (Å²) in [4.78, 5) is 11.2. The Morgan fingerprint density at radius 1 is 0.886 bits per heavy atom. The Morgan fingerprint density at radius 3 is 2.00 bits per heavy atom. The van der Waals surface area contributed by atoms with E-state index >= 15 is 0 Å². The number of hydrogen-bond acceptors (Lipinski definition) is 4. The Kier molecular flexibility index (Phi) is 14.1. The number of halogens is 2. The van der Waals surface area contributed by atoms with Crippen LogP contribution in [0.5, 0.6) is 11.5 Å². The summed E-state index contributed by atoms with van der Waals surface area (Å²) in [6, 6.07) is 19.7. The molecule has 3 aromatic rings. The second-order valence-corrected chi connectivity index (χ2v) is 7.65. The van der Waals surface area contributed by atoms with E-state index < -0.39 is 5.97 Å². The molecule has 3 rings (SSSR count). The Hall–Kier alpha value is -3.12. The van der Waals surface area contributed by atoms with Crippen molar-refractivity contribution < 1.29 is 23.4 Å². The third-order valence-corrected chi connectivity index (χ3v) is 5.10. The van der Waals surface area contributed by atoms with Gasteiger partial charge in [0.25, 0.3) is 0 Å². The molecule has 6 heteroatoms. The molecule has 0 fully saturated rings. The fourth-order valence-electron chi connectivity index (χ4n) is 2.95. The smallest absolute Gasteiger partial charge is 0.343 e. The van der Waals surface area contributed by atoms with Crippen LogP contribution >= 0.6 is 15.9 Å². The molecule has 0 bridgehead atoms. The molecule has 3 aromatic carbocycles. The van der Waals surface area contributed by atoms with Crippen molar-refractivity contribution in [3.63, 3.8) is 0 Å². The van der Waals surface area contributed by atoms with E-state index in [0.29, 0.717) is 18.1 Å². The number of benzene rings is 3. The first-order valence-corrected chi connectivity index (χ1v) is 12.4. The Labute approximate surface area is 216 Å². The van der Waals surface area contributed by atoms with Crippen LogP contribution in [0.25, 0.3) is 5.57 Å². The average molecular weight is 545 g/mol. The van der Waals surface area contributed by atoms with E-state index in [1.165, 1.54) is 19.2 Å². The molecule has 0 atom stereocenters. The molecule has 0 saturated heterocycles. The van der Waals surface area contributed by atoms with Gasteiger partial charge in [-0.1, -0.05) is 67.9 Å². The Bertz CT molecular complexity index is 1010. The fraction of sp³-hybridized carbons (Fsp3) is 0.276. The number of ether oxygens (including phenoxy) is 3. The normalized spacial score (nSPS) is 10.2. The van der Waals surface area contributed by atoms with E-state index in [2.05, 4.69) is 20.7 Å². The monoisotopic (exact) mass is 544 g/mol. The molecule has 0 radical (unpaired) electrons. The molecule has 0 aliphatic carbocycles. The van der Waals surface area contributed by atoms with Crippen LogP contribution in [0.2, 0.25) is 0 Å². The highest BCUT2D eigenvalue weighted by molar-refractivity contribution is 9.10. The van der Waals surface area contributed by atoms with Crippen molar-refractivity contribution in [2.24, 2.45) is 0 Å². The van der Waals surface area contributed by atoms with Gasteiger partial charge in [0.2, 0.25) is 0 Å². The van der Waals surface area contributed by atoms with Gasteiger partial charge in [0.05, 0.1) is 7.11 Å². The minimum absolute atomic E-state index is 0.144. The first-order chi connectivity index (χ1) is 17.0. The second-order valence-electron chi connectivity index (χ2n) is 6.73. The summed E-state index contributed by atoms with van der Waals surface area (Å²) >= 11 is 3.45. The summed E-state index contributed by atoms with van der Waals surface area (Å²) in [7, 11) is 1.32. The summed E-state index contributed by atoms with van der Waals surface area (Å²) in [5, 5.41) is 0. The van der Waals surface area contributed by atoms with Crippen LogP contribution in [-0.2, 0) is 9.53 Å². The van der Waals surface area contributed by atoms with Crippen molar-refractivity contribution in [3.8, 4) is 11.5 Å². The summed E-state index contributed by atoms with van der Waals surface area (Å²) in [6.45, 7) is 10.1. The van der Waals surface area contributed by atoms with Gasteiger partial charge in [-0.3, -0.25) is 0 Å². The van der Waals surface area contributed by atoms with Gasteiger partial charge < -0.3 is 14.2 Å². The highest BCUT2D eigenvalue weighted by Gasteiger charge is 2.08. The van der Waals surface area contributed by atoms with Crippen LogP contribution in [0.1, 0.15) is 44.4 Å². The van der Waals surface area contributed by atoms with Crippen LogP contribution in [0.15, 0.2) is 77.3 Å².